The second-order valence-corrected chi connectivity index (χ2v) is 7.32. The van der Waals surface area contributed by atoms with E-state index in [9.17, 15) is 4.79 Å². The Kier molecular flexibility index (Phi) is 5.17. The summed E-state index contributed by atoms with van der Waals surface area (Å²) in [7, 11) is 0. The summed E-state index contributed by atoms with van der Waals surface area (Å²) in [5.41, 5.74) is 10.1. The number of nitrogens with one attached hydrogen (secondary N) is 2. The predicted molar refractivity (Wildman–Crippen MR) is 111 cm³/mol. The van der Waals surface area contributed by atoms with Crippen molar-refractivity contribution < 1.29 is 9.21 Å². The fraction of sp³-hybridized carbons (Fsp3) is 0.261. The highest BCUT2D eigenvalue weighted by Gasteiger charge is 2.27. The molecule has 144 valence electrons. The Balaban J connectivity index is 1.29. The van der Waals surface area contributed by atoms with E-state index in [-0.39, 0.29) is 5.76 Å². The average Bonchev–Trinajstić information content (AvgIpc) is 3.31. The zero-order chi connectivity index (χ0) is 19.5. The van der Waals surface area contributed by atoms with E-state index in [4.69, 9.17) is 10.2 Å². The van der Waals surface area contributed by atoms with Gasteiger partial charge in [0.1, 0.15) is 5.76 Å². The summed E-state index contributed by atoms with van der Waals surface area (Å²) in [6.45, 7) is 4.04. The van der Waals surface area contributed by atoms with Crippen molar-refractivity contribution in [2.75, 3.05) is 11.9 Å². The number of para-hydroxylation sites is 1. The number of rotatable bonds is 7. The fourth-order valence-electron chi connectivity index (χ4n) is 3.88. The molecule has 5 nitrogen and oxygen atoms in total. The number of nitrogens with two attached hydrogens (primary N) is 1. The van der Waals surface area contributed by atoms with Crippen LogP contribution in [-0.2, 0) is 6.54 Å². The first kappa shape index (κ1) is 18.3. The molecule has 4 rings (SSSR count). The standard InChI is InChI=1S/C23H25N3O2/c1-15-18(19-4-2-3-5-20(19)26-15)12-13-25-14-16-6-8-17(9-7-16)21-10-11-22(28-21)23(24)27/h2-11,15,18,25-26H,12-14H2,1H3,(H2,24,27). The van der Waals surface area contributed by atoms with Crippen LogP contribution in [0.2, 0.25) is 0 Å². The molecule has 0 aliphatic carbocycles. The lowest BCUT2D eigenvalue weighted by atomic mass is 9.93. The second-order valence-electron chi connectivity index (χ2n) is 7.32. The van der Waals surface area contributed by atoms with Crippen LogP contribution in [0.4, 0.5) is 5.69 Å². The molecule has 1 aliphatic rings. The van der Waals surface area contributed by atoms with E-state index in [2.05, 4.69) is 54.0 Å². The third kappa shape index (κ3) is 3.80. The smallest absolute Gasteiger partial charge is 0.284 e. The molecule has 2 aromatic carbocycles. The summed E-state index contributed by atoms with van der Waals surface area (Å²) in [6.07, 6.45) is 1.10. The lowest BCUT2D eigenvalue weighted by Gasteiger charge is -2.16. The fourth-order valence-corrected chi connectivity index (χ4v) is 3.88. The molecule has 0 saturated heterocycles. The monoisotopic (exact) mass is 375 g/mol. The number of benzene rings is 2. The second kappa shape index (κ2) is 7.90. The highest BCUT2D eigenvalue weighted by atomic mass is 16.3. The quantitative estimate of drug-likeness (QED) is 0.543. The molecule has 5 heteroatoms. The number of amides is 1. The van der Waals surface area contributed by atoms with Crippen LogP contribution in [0.5, 0.6) is 0 Å². The molecule has 0 spiro atoms. The minimum Gasteiger partial charge on any atom is -0.451 e. The SMILES string of the molecule is CC1Nc2ccccc2C1CCNCc1ccc(-c2ccc(C(N)=O)o2)cc1. The van der Waals surface area contributed by atoms with Crippen LogP contribution in [0.25, 0.3) is 11.3 Å². The van der Waals surface area contributed by atoms with Gasteiger partial charge in [0.2, 0.25) is 0 Å². The molecule has 0 fully saturated rings. The summed E-state index contributed by atoms with van der Waals surface area (Å²) < 4.78 is 5.47. The highest BCUT2D eigenvalue weighted by molar-refractivity contribution is 5.90. The van der Waals surface area contributed by atoms with E-state index >= 15 is 0 Å². The minimum atomic E-state index is -0.554. The van der Waals surface area contributed by atoms with Crippen LogP contribution in [0, 0.1) is 0 Å². The number of carbonyl (C=O) groups excluding carboxylic acids is 1. The zero-order valence-electron chi connectivity index (χ0n) is 15.9. The molecule has 2 unspecified atom stereocenters. The summed E-state index contributed by atoms with van der Waals surface area (Å²) in [4.78, 5) is 11.1. The maximum absolute atomic E-state index is 11.1. The van der Waals surface area contributed by atoms with Gasteiger partial charge in [-0.2, -0.15) is 0 Å². The van der Waals surface area contributed by atoms with Gasteiger partial charge in [-0.3, -0.25) is 4.79 Å². The summed E-state index contributed by atoms with van der Waals surface area (Å²) >= 11 is 0. The van der Waals surface area contributed by atoms with Crippen molar-refractivity contribution in [1.82, 2.24) is 5.32 Å². The van der Waals surface area contributed by atoms with Gasteiger partial charge in [-0.1, -0.05) is 42.5 Å². The molecular formula is C23H25N3O2. The summed E-state index contributed by atoms with van der Waals surface area (Å²) in [5, 5.41) is 7.12. The number of anilines is 1. The Morgan fingerprint density at radius 3 is 2.64 bits per heavy atom. The van der Waals surface area contributed by atoms with Crippen LogP contribution < -0.4 is 16.4 Å². The lowest BCUT2D eigenvalue weighted by molar-refractivity contribution is 0.0974. The molecule has 2 atom stereocenters. The number of hydrogen-bond acceptors (Lipinski definition) is 4. The van der Waals surface area contributed by atoms with Gasteiger partial charge in [-0.05, 0) is 49.2 Å². The van der Waals surface area contributed by atoms with Gasteiger partial charge in [-0.25, -0.2) is 0 Å². The van der Waals surface area contributed by atoms with Gasteiger partial charge in [-0.15, -0.1) is 0 Å². The Hall–Kier alpha value is -3.05. The lowest BCUT2D eigenvalue weighted by Crippen LogP contribution is -2.22. The van der Waals surface area contributed by atoms with Crippen LogP contribution in [0.15, 0.2) is 65.1 Å². The van der Waals surface area contributed by atoms with E-state index < -0.39 is 5.91 Å². The number of fused-ring (bicyclic) bond motifs is 1. The molecule has 0 bridgehead atoms. The van der Waals surface area contributed by atoms with E-state index in [1.54, 1.807) is 12.1 Å². The largest absolute Gasteiger partial charge is 0.451 e. The first-order valence-corrected chi connectivity index (χ1v) is 9.67. The molecule has 3 aromatic rings. The van der Waals surface area contributed by atoms with E-state index in [0.717, 1.165) is 25.1 Å². The molecule has 1 aliphatic heterocycles. The molecule has 1 aromatic heterocycles. The minimum absolute atomic E-state index is 0.179. The molecule has 1 amide bonds. The Bertz CT molecular complexity index is 962. The van der Waals surface area contributed by atoms with Gasteiger partial charge < -0.3 is 20.8 Å². The molecule has 0 radical (unpaired) electrons. The van der Waals surface area contributed by atoms with Crippen molar-refractivity contribution in [3.63, 3.8) is 0 Å². The number of primary amides is 1. The van der Waals surface area contributed by atoms with Crippen LogP contribution in [0.3, 0.4) is 0 Å². The maximum Gasteiger partial charge on any atom is 0.284 e. The number of carbonyl (C=O) groups is 1. The maximum atomic E-state index is 11.1. The number of hydrogen-bond donors (Lipinski definition) is 3. The predicted octanol–water partition coefficient (Wildman–Crippen LogP) is 4.12. The van der Waals surface area contributed by atoms with E-state index in [0.29, 0.717) is 17.7 Å². The van der Waals surface area contributed by atoms with Gasteiger partial charge in [0.25, 0.3) is 5.91 Å². The Morgan fingerprint density at radius 1 is 1.11 bits per heavy atom. The third-order valence-electron chi connectivity index (χ3n) is 5.40. The van der Waals surface area contributed by atoms with Gasteiger partial charge in [0, 0.05) is 29.8 Å². The normalized spacial score (nSPS) is 17.9. The first-order chi connectivity index (χ1) is 13.6. The Labute approximate surface area is 164 Å². The van der Waals surface area contributed by atoms with Gasteiger partial charge in [0.15, 0.2) is 5.76 Å². The van der Waals surface area contributed by atoms with Gasteiger partial charge in [0.05, 0.1) is 0 Å². The molecule has 4 N–H and O–H groups in total. The van der Waals surface area contributed by atoms with Crippen molar-refractivity contribution in [3.8, 4) is 11.3 Å². The molecular weight excluding hydrogens is 350 g/mol. The van der Waals surface area contributed by atoms with Gasteiger partial charge >= 0.3 is 0 Å². The van der Waals surface area contributed by atoms with Crippen LogP contribution in [0.1, 0.15) is 40.9 Å². The summed E-state index contributed by atoms with van der Waals surface area (Å²) in [5.74, 6) is 0.818. The average molecular weight is 375 g/mol. The number of furan rings is 1. The van der Waals surface area contributed by atoms with Crippen LogP contribution in [-0.4, -0.2) is 18.5 Å². The topological polar surface area (TPSA) is 80.3 Å². The molecule has 0 saturated carbocycles. The highest BCUT2D eigenvalue weighted by Crippen LogP contribution is 2.37. The van der Waals surface area contributed by atoms with Crippen molar-refractivity contribution >= 4 is 11.6 Å². The van der Waals surface area contributed by atoms with Crippen molar-refractivity contribution in [2.24, 2.45) is 5.73 Å². The summed E-state index contributed by atoms with van der Waals surface area (Å²) in [6, 6.07) is 20.6. The van der Waals surface area contributed by atoms with Crippen LogP contribution >= 0.6 is 0 Å². The van der Waals surface area contributed by atoms with Crippen molar-refractivity contribution in [1.29, 1.82) is 0 Å². The van der Waals surface area contributed by atoms with E-state index in [1.807, 2.05) is 12.1 Å². The molecule has 2 heterocycles. The first-order valence-electron chi connectivity index (χ1n) is 9.67. The Morgan fingerprint density at radius 2 is 1.89 bits per heavy atom. The molecule has 28 heavy (non-hydrogen) atoms. The van der Waals surface area contributed by atoms with Crippen molar-refractivity contribution in [3.05, 3.63) is 77.6 Å². The van der Waals surface area contributed by atoms with Crippen molar-refractivity contribution in [2.45, 2.75) is 31.8 Å². The third-order valence-corrected chi connectivity index (χ3v) is 5.40. The zero-order valence-corrected chi connectivity index (χ0v) is 15.9. The van der Waals surface area contributed by atoms with E-state index in [1.165, 1.54) is 16.8 Å².